The average Bonchev–Trinajstić information content (AvgIpc) is 2.55. The lowest BCUT2D eigenvalue weighted by molar-refractivity contribution is -0.130. The number of nitrogens with one attached hydrogen (secondary N) is 1. The van der Waals surface area contributed by atoms with Crippen LogP contribution in [0, 0.1) is 11.6 Å². The van der Waals surface area contributed by atoms with Crippen LogP contribution in [-0.2, 0) is 9.59 Å². The molecule has 0 aromatic heterocycles. The molecule has 0 atom stereocenters. The first kappa shape index (κ1) is 15.4. The van der Waals surface area contributed by atoms with Crippen molar-refractivity contribution < 1.29 is 18.4 Å². The molecule has 6 heteroatoms. The maximum atomic E-state index is 13.4. The standard InChI is InChI=1S/C15H18F2N2O2/c1-3-15(4-2)14(21)19(6-5-13(20)18-15)12-8-10(16)7-11(17)9-12/h7-9H,3-6H2,1-2H3,(H,18,20). The molecule has 0 spiro atoms. The maximum absolute atomic E-state index is 13.4. The Morgan fingerprint density at radius 2 is 1.71 bits per heavy atom. The molecular weight excluding hydrogens is 278 g/mol. The summed E-state index contributed by atoms with van der Waals surface area (Å²) in [6.07, 6.45) is 0.941. The molecule has 1 fully saturated rings. The first-order valence-electron chi connectivity index (χ1n) is 7.01. The number of anilines is 1. The molecule has 0 radical (unpaired) electrons. The summed E-state index contributed by atoms with van der Waals surface area (Å²) in [5.74, 6) is -2.06. The van der Waals surface area contributed by atoms with Gasteiger partial charge in [0.2, 0.25) is 5.91 Å². The number of benzene rings is 1. The number of nitrogens with zero attached hydrogens (tertiary/aromatic N) is 1. The highest BCUT2D eigenvalue weighted by Crippen LogP contribution is 2.27. The van der Waals surface area contributed by atoms with Gasteiger partial charge in [0.1, 0.15) is 17.2 Å². The smallest absolute Gasteiger partial charge is 0.252 e. The number of hydrogen-bond acceptors (Lipinski definition) is 2. The first-order valence-corrected chi connectivity index (χ1v) is 7.01. The molecule has 4 nitrogen and oxygen atoms in total. The van der Waals surface area contributed by atoms with Crippen LogP contribution in [0.25, 0.3) is 0 Å². The van der Waals surface area contributed by atoms with Crippen molar-refractivity contribution in [1.29, 1.82) is 0 Å². The molecule has 1 N–H and O–H groups in total. The van der Waals surface area contributed by atoms with Crippen molar-refractivity contribution in [3.05, 3.63) is 29.8 Å². The van der Waals surface area contributed by atoms with Gasteiger partial charge in [-0.15, -0.1) is 0 Å². The van der Waals surface area contributed by atoms with E-state index in [0.29, 0.717) is 12.8 Å². The lowest BCUT2D eigenvalue weighted by Crippen LogP contribution is -2.56. The SMILES string of the molecule is CCC1(CC)NC(=O)CCN(c2cc(F)cc(F)c2)C1=O. The van der Waals surface area contributed by atoms with E-state index in [0.717, 1.165) is 18.2 Å². The predicted octanol–water partition coefficient (Wildman–Crippen LogP) is 2.38. The minimum atomic E-state index is -1.02. The zero-order valence-electron chi connectivity index (χ0n) is 12.1. The van der Waals surface area contributed by atoms with Crippen molar-refractivity contribution in [3.8, 4) is 0 Å². The van der Waals surface area contributed by atoms with Crippen LogP contribution in [0.3, 0.4) is 0 Å². The minimum Gasteiger partial charge on any atom is -0.342 e. The van der Waals surface area contributed by atoms with Gasteiger partial charge in [-0.3, -0.25) is 9.59 Å². The Bertz CT molecular complexity index is 551. The van der Waals surface area contributed by atoms with E-state index < -0.39 is 17.2 Å². The molecule has 1 saturated heterocycles. The molecule has 114 valence electrons. The third-order valence-electron chi connectivity index (χ3n) is 3.96. The van der Waals surface area contributed by atoms with Gasteiger partial charge in [-0.2, -0.15) is 0 Å². The normalized spacial score (nSPS) is 18.4. The second-order valence-electron chi connectivity index (χ2n) is 5.17. The largest absolute Gasteiger partial charge is 0.342 e. The fourth-order valence-corrected chi connectivity index (χ4v) is 2.63. The quantitative estimate of drug-likeness (QED) is 0.931. The van der Waals surface area contributed by atoms with Crippen molar-refractivity contribution in [3.63, 3.8) is 0 Å². The van der Waals surface area contributed by atoms with Gasteiger partial charge in [0, 0.05) is 24.7 Å². The number of rotatable bonds is 3. The van der Waals surface area contributed by atoms with Crippen molar-refractivity contribution in [2.75, 3.05) is 11.4 Å². The van der Waals surface area contributed by atoms with E-state index in [9.17, 15) is 18.4 Å². The van der Waals surface area contributed by atoms with Crippen LogP contribution in [0.15, 0.2) is 18.2 Å². The number of carbonyl (C=O) groups is 2. The summed E-state index contributed by atoms with van der Waals surface area (Å²) >= 11 is 0. The molecular formula is C15H18F2N2O2. The third kappa shape index (κ3) is 2.89. The number of carbonyl (C=O) groups excluding carboxylic acids is 2. The van der Waals surface area contributed by atoms with Gasteiger partial charge in [0.25, 0.3) is 5.91 Å². The Morgan fingerprint density at radius 3 is 2.24 bits per heavy atom. The van der Waals surface area contributed by atoms with Crippen LogP contribution in [0.4, 0.5) is 14.5 Å². The van der Waals surface area contributed by atoms with E-state index in [1.807, 2.05) is 0 Å². The number of halogens is 2. The van der Waals surface area contributed by atoms with E-state index in [1.165, 1.54) is 4.90 Å². The average molecular weight is 296 g/mol. The fourth-order valence-electron chi connectivity index (χ4n) is 2.63. The molecule has 1 aliphatic rings. The Morgan fingerprint density at radius 1 is 1.14 bits per heavy atom. The molecule has 1 aromatic rings. The highest BCUT2D eigenvalue weighted by atomic mass is 19.1. The molecule has 2 amide bonds. The zero-order chi connectivity index (χ0) is 15.6. The minimum absolute atomic E-state index is 0.103. The van der Waals surface area contributed by atoms with E-state index in [-0.39, 0.29) is 30.5 Å². The molecule has 0 saturated carbocycles. The molecule has 0 bridgehead atoms. The zero-order valence-corrected chi connectivity index (χ0v) is 12.1. The van der Waals surface area contributed by atoms with Gasteiger partial charge in [0.15, 0.2) is 0 Å². The monoisotopic (exact) mass is 296 g/mol. The summed E-state index contributed by atoms with van der Waals surface area (Å²) in [6, 6.07) is 2.96. The summed E-state index contributed by atoms with van der Waals surface area (Å²) in [7, 11) is 0. The van der Waals surface area contributed by atoms with Crippen molar-refractivity contribution >= 4 is 17.5 Å². The molecule has 1 aliphatic heterocycles. The van der Waals surface area contributed by atoms with Gasteiger partial charge in [-0.25, -0.2) is 8.78 Å². The van der Waals surface area contributed by atoms with E-state index >= 15 is 0 Å². The number of hydrogen-bond donors (Lipinski definition) is 1. The summed E-state index contributed by atoms with van der Waals surface area (Å²) in [5.41, 5.74) is -0.878. The summed E-state index contributed by atoms with van der Waals surface area (Å²) < 4.78 is 26.8. The summed E-state index contributed by atoms with van der Waals surface area (Å²) in [6.45, 7) is 3.71. The lowest BCUT2D eigenvalue weighted by atomic mass is 9.91. The number of amides is 2. The van der Waals surface area contributed by atoms with Crippen LogP contribution in [0.2, 0.25) is 0 Å². The van der Waals surface area contributed by atoms with Gasteiger partial charge in [-0.05, 0) is 25.0 Å². The molecule has 0 aliphatic carbocycles. The summed E-state index contributed by atoms with van der Waals surface area (Å²) in [5, 5.41) is 2.75. The van der Waals surface area contributed by atoms with Crippen LogP contribution in [-0.4, -0.2) is 23.9 Å². The van der Waals surface area contributed by atoms with Crippen LogP contribution in [0.5, 0.6) is 0 Å². The summed E-state index contributed by atoms with van der Waals surface area (Å²) in [4.78, 5) is 25.9. The molecule has 21 heavy (non-hydrogen) atoms. The van der Waals surface area contributed by atoms with E-state index in [4.69, 9.17) is 0 Å². The second-order valence-corrected chi connectivity index (χ2v) is 5.17. The van der Waals surface area contributed by atoms with Crippen molar-refractivity contribution in [2.45, 2.75) is 38.6 Å². The topological polar surface area (TPSA) is 49.4 Å². The Kier molecular flexibility index (Phi) is 4.25. The van der Waals surface area contributed by atoms with Crippen LogP contribution < -0.4 is 10.2 Å². The van der Waals surface area contributed by atoms with Gasteiger partial charge >= 0.3 is 0 Å². The Balaban J connectivity index is 2.46. The van der Waals surface area contributed by atoms with Crippen LogP contribution in [0.1, 0.15) is 33.1 Å². The van der Waals surface area contributed by atoms with E-state index in [2.05, 4.69) is 5.32 Å². The predicted molar refractivity (Wildman–Crippen MR) is 74.8 cm³/mol. The van der Waals surface area contributed by atoms with Gasteiger partial charge < -0.3 is 10.2 Å². The van der Waals surface area contributed by atoms with Gasteiger partial charge in [-0.1, -0.05) is 13.8 Å². The second kappa shape index (κ2) is 5.79. The van der Waals surface area contributed by atoms with Gasteiger partial charge in [0.05, 0.1) is 0 Å². The maximum Gasteiger partial charge on any atom is 0.252 e. The first-order chi connectivity index (χ1) is 9.91. The molecule has 1 aromatic carbocycles. The van der Waals surface area contributed by atoms with Crippen molar-refractivity contribution in [1.82, 2.24) is 5.32 Å². The Hall–Kier alpha value is -1.98. The molecule has 2 rings (SSSR count). The molecule has 0 unspecified atom stereocenters. The fraction of sp³-hybridized carbons (Fsp3) is 0.467. The van der Waals surface area contributed by atoms with Crippen molar-refractivity contribution in [2.24, 2.45) is 0 Å². The molecule has 1 heterocycles. The van der Waals surface area contributed by atoms with Crippen LogP contribution >= 0.6 is 0 Å². The lowest BCUT2D eigenvalue weighted by Gasteiger charge is -2.33. The highest BCUT2D eigenvalue weighted by Gasteiger charge is 2.42. The highest BCUT2D eigenvalue weighted by molar-refractivity contribution is 6.04. The third-order valence-corrected chi connectivity index (χ3v) is 3.96. The van der Waals surface area contributed by atoms with E-state index in [1.54, 1.807) is 13.8 Å². The Labute approximate surface area is 122 Å².